The smallest absolute Gasteiger partial charge is 0.338 e. The molecule has 0 radical (unpaired) electrons. The number of nitrogens with one attached hydrogen (secondary N) is 1. The quantitative estimate of drug-likeness (QED) is 0.686. The van der Waals surface area contributed by atoms with Gasteiger partial charge in [0, 0.05) is 12.4 Å². The van der Waals surface area contributed by atoms with Gasteiger partial charge in [0.25, 0.3) is 11.8 Å². The first-order valence-electron chi connectivity index (χ1n) is 7.93. The molecule has 3 rings (SSSR count). The molecule has 0 aliphatic carbocycles. The molecule has 0 unspecified atom stereocenters. The van der Waals surface area contributed by atoms with E-state index in [0.29, 0.717) is 16.8 Å². The number of carbonyl (C=O) groups excluding carboxylic acids is 3. The normalized spacial score (nSPS) is 10.3. The number of ether oxygens (including phenoxy) is 2. The molecule has 8 heteroatoms. The number of rotatable bonds is 5. The summed E-state index contributed by atoms with van der Waals surface area (Å²) >= 11 is 0. The third-order valence-corrected chi connectivity index (χ3v) is 3.64. The largest absolute Gasteiger partial charge is 0.496 e. The average molecular weight is 365 g/mol. The highest BCUT2D eigenvalue weighted by Gasteiger charge is 2.16. The molecule has 0 fully saturated rings. The molecule has 1 heterocycles. The van der Waals surface area contributed by atoms with Crippen LogP contribution >= 0.6 is 0 Å². The summed E-state index contributed by atoms with van der Waals surface area (Å²) in [5.74, 6) is -1.77. The van der Waals surface area contributed by atoms with Gasteiger partial charge >= 0.3 is 5.97 Å². The maximum absolute atomic E-state index is 12.1. The minimum Gasteiger partial charge on any atom is -0.496 e. The lowest BCUT2D eigenvalue weighted by molar-refractivity contribution is -0.123. The van der Waals surface area contributed by atoms with Crippen molar-refractivity contribution in [2.24, 2.45) is 0 Å². The summed E-state index contributed by atoms with van der Waals surface area (Å²) < 4.78 is 10.0. The van der Waals surface area contributed by atoms with Gasteiger partial charge in [-0.15, -0.1) is 0 Å². The number of para-hydroxylation sites is 1. The van der Waals surface area contributed by atoms with Crippen LogP contribution in [0.4, 0.5) is 0 Å². The fourth-order valence-corrected chi connectivity index (χ4v) is 2.37. The van der Waals surface area contributed by atoms with Crippen LogP contribution in [0.2, 0.25) is 0 Å². The van der Waals surface area contributed by atoms with E-state index < -0.39 is 24.4 Å². The molecule has 0 bridgehead atoms. The highest BCUT2D eigenvalue weighted by atomic mass is 16.5. The molecular formula is C19H15N3O5. The molecule has 0 atom stereocenters. The van der Waals surface area contributed by atoms with Gasteiger partial charge in [-0.2, -0.15) is 0 Å². The molecule has 0 spiro atoms. The van der Waals surface area contributed by atoms with Crippen molar-refractivity contribution in [3.05, 3.63) is 66.0 Å². The van der Waals surface area contributed by atoms with Crippen molar-refractivity contribution in [2.75, 3.05) is 13.7 Å². The Balaban J connectivity index is 1.59. The van der Waals surface area contributed by atoms with Crippen LogP contribution in [0.25, 0.3) is 11.0 Å². The average Bonchev–Trinajstić information content (AvgIpc) is 2.71. The number of imide groups is 1. The first-order chi connectivity index (χ1) is 13.1. The standard InChI is InChI=1S/C19H15N3O5/c1-26-16-5-3-2-4-13(16)18(24)22-17(23)11-27-19(25)12-6-7-14-15(10-12)21-9-8-20-14/h2-10H,11H2,1H3,(H,22,23,24). The number of methoxy groups -OCH3 is 1. The van der Waals surface area contributed by atoms with E-state index in [2.05, 4.69) is 15.3 Å². The van der Waals surface area contributed by atoms with Crippen LogP contribution in [0, 0.1) is 0 Å². The van der Waals surface area contributed by atoms with Gasteiger partial charge in [0.2, 0.25) is 0 Å². The van der Waals surface area contributed by atoms with Gasteiger partial charge in [-0.1, -0.05) is 12.1 Å². The fraction of sp³-hybridized carbons (Fsp3) is 0.105. The van der Waals surface area contributed by atoms with E-state index in [1.807, 2.05) is 0 Å². The van der Waals surface area contributed by atoms with Crippen LogP contribution in [0.3, 0.4) is 0 Å². The molecule has 3 aromatic rings. The lowest BCUT2D eigenvalue weighted by atomic mass is 10.2. The maximum atomic E-state index is 12.1. The molecule has 136 valence electrons. The van der Waals surface area contributed by atoms with E-state index in [1.54, 1.807) is 30.5 Å². The monoisotopic (exact) mass is 365 g/mol. The Kier molecular flexibility index (Phi) is 5.36. The molecule has 27 heavy (non-hydrogen) atoms. The summed E-state index contributed by atoms with van der Waals surface area (Å²) in [5, 5.41) is 2.15. The highest BCUT2D eigenvalue weighted by Crippen LogP contribution is 2.16. The summed E-state index contributed by atoms with van der Waals surface area (Å²) in [4.78, 5) is 44.3. The third kappa shape index (κ3) is 4.24. The van der Waals surface area contributed by atoms with Crippen molar-refractivity contribution in [2.45, 2.75) is 0 Å². The van der Waals surface area contributed by atoms with Crippen LogP contribution in [0.15, 0.2) is 54.9 Å². The number of aromatic nitrogens is 2. The summed E-state index contributed by atoms with van der Waals surface area (Å²) in [5.41, 5.74) is 1.59. The van der Waals surface area contributed by atoms with Gasteiger partial charge in [0.1, 0.15) is 5.75 Å². The van der Waals surface area contributed by atoms with Gasteiger partial charge in [0.15, 0.2) is 6.61 Å². The summed E-state index contributed by atoms with van der Waals surface area (Å²) in [7, 11) is 1.42. The zero-order chi connectivity index (χ0) is 19.2. The number of esters is 1. The van der Waals surface area contributed by atoms with E-state index in [0.717, 1.165) is 0 Å². The van der Waals surface area contributed by atoms with Gasteiger partial charge in [-0.05, 0) is 30.3 Å². The topological polar surface area (TPSA) is 107 Å². The molecule has 0 saturated heterocycles. The van der Waals surface area contributed by atoms with Gasteiger partial charge in [0.05, 0.1) is 29.3 Å². The lowest BCUT2D eigenvalue weighted by Crippen LogP contribution is -2.34. The van der Waals surface area contributed by atoms with Crippen LogP contribution < -0.4 is 10.1 Å². The zero-order valence-electron chi connectivity index (χ0n) is 14.3. The fourth-order valence-electron chi connectivity index (χ4n) is 2.37. The molecule has 8 nitrogen and oxygen atoms in total. The van der Waals surface area contributed by atoms with Gasteiger partial charge < -0.3 is 9.47 Å². The lowest BCUT2D eigenvalue weighted by Gasteiger charge is -2.09. The maximum Gasteiger partial charge on any atom is 0.338 e. The van der Waals surface area contributed by atoms with E-state index in [9.17, 15) is 14.4 Å². The van der Waals surface area contributed by atoms with Crippen molar-refractivity contribution in [1.82, 2.24) is 15.3 Å². The molecule has 2 amide bonds. The second kappa shape index (κ2) is 8.05. The van der Waals surface area contributed by atoms with E-state index in [4.69, 9.17) is 9.47 Å². The molecule has 0 aliphatic heterocycles. The minimum absolute atomic E-state index is 0.202. The molecule has 1 aromatic heterocycles. The Bertz CT molecular complexity index is 1020. The number of benzene rings is 2. The SMILES string of the molecule is COc1ccccc1C(=O)NC(=O)COC(=O)c1ccc2nccnc2c1. The Morgan fingerprint density at radius 3 is 2.52 bits per heavy atom. The number of fused-ring (bicyclic) bond motifs is 1. The van der Waals surface area contributed by atoms with E-state index in [-0.39, 0.29) is 11.1 Å². The van der Waals surface area contributed by atoms with Crippen LogP contribution in [0.5, 0.6) is 5.75 Å². The molecule has 0 aliphatic rings. The predicted octanol–water partition coefficient (Wildman–Crippen LogP) is 1.75. The minimum atomic E-state index is -0.750. The van der Waals surface area contributed by atoms with Crippen LogP contribution in [-0.4, -0.2) is 41.5 Å². The molecule has 0 saturated carbocycles. The first kappa shape index (κ1) is 18.0. The van der Waals surface area contributed by atoms with Crippen LogP contribution in [-0.2, 0) is 9.53 Å². The molecule has 2 aromatic carbocycles. The Morgan fingerprint density at radius 2 is 1.74 bits per heavy atom. The van der Waals surface area contributed by atoms with Crippen molar-refractivity contribution in [1.29, 1.82) is 0 Å². The van der Waals surface area contributed by atoms with Crippen LogP contribution in [0.1, 0.15) is 20.7 Å². The van der Waals surface area contributed by atoms with Crippen molar-refractivity contribution >= 4 is 28.8 Å². The van der Waals surface area contributed by atoms with E-state index in [1.165, 1.54) is 31.5 Å². The molecular weight excluding hydrogens is 350 g/mol. The Hall–Kier alpha value is -3.81. The predicted molar refractivity (Wildman–Crippen MR) is 95.3 cm³/mol. The number of hydrogen-bond acceptors (Lipinski definition) is 7. The number of carbonyl (C=O) groups is 3. The number of amides is 2. The summed E-state index contributed by atoms with van der Waals surface area (Å²) in [6, 6.07) is 11.1. The summed E-state index contributed by atoms with van der Waals surface area (Å²) in [6.07, 6.45) is 3.05. The Morgan fingerprint density at radius 1 is 1.00 bits per heavy atom. The highest BCUT2D eigenvalue weighted by molar-refractivity contribution is 6.07. The third-order valence-electron chi connectivity index (χ3n) is 3.64. The zero-order valence-corrected chi connectivity index (χ0v) is 14.3. The van der Waals surface area contributed by atoms with Gasteiger partial charge in [-0.25, -0.2) is 4.79 Å². The number of nitrogens with zero attached hydrogens (tertiary/aromatic N) is 2. The van der Waals surface area contributed by atoms with Crippen molar-refractivity contribution in [3.63, 3.8) is 0 Å². The van der Waals surface area contributed by atoms with Crippen molar-refractivity contribution in [3.8, 4) is 5.75 Å². The van der Waals surface area contributed by atoms with E-state index >= 15 is 0 Å². The molecule has 1 N–H and O–H groups in total. The first-order valence-corrected chi connectivity index (χ1v) is 7.93. The summed E-state index contributed by atoms with van der Waals surface area (Å²) in [6.45, 7) is -0.599. The van der Waals surface area contributed by atoms with Crippen molar-refractivity contribution < 1.29 is 23.9 Å². The van der Waals surface area contributed by atoms with Gasteiger partial charge in [-0.3, -0.25) is 24.9 Å². The Labute approximate surface area is 154 Å². The second-order valence-electron chi connectivity index (χ2n) is 5.41. The number of hydrogen-bond donors (Lipinski definition) is 1. The second-order valence-corrected chi connectivity index (χ2v) is 5.41.